The molecular formula is C16H10BrClN2O. The molecule has 1 heterocycles. The van der Waals surface area contributed by atoms with Gasteiger partial charge in [0, 0.05) is 17.1 Å². The number of pyridine rings is 1. The Hall–Kier alpha value is -1.91. The lowest BCUT2D eigenvalue weighted by molar-refractivity contribution is 0.102. The number of halogens is 2. The number of hydrogen-bond donors (Lipinski definition) is 1. The molecule has 0 spiro atoms. The molecule has 0 atom stereocenters. The number of anilines is 1. The number of carbonyl (C=O) groups excluding carboxylic acids is 1. The molecule has 0 aliphatic carbocycles. The largest absolute Gasteiger partial charge is 0.321 e. The number of nitrogens with one attached hydrogen (secondary N) is 1. The zero-order chi connectivity index (χ0) is 14.8. The van der Waals surface area contributed by atoms with Crippen molar-refractivity contribution in [2.75, 3.05) is 5.32 Å². The fourth-order valence-corrected chi connectivity index (χ4v) is 2.63. The molecule has 1 aromatic heterocycles. The van der Waals surface area contributed by atoms with E-state index in [1.165, 1.54) is 0 Å². The average molecular weight is 362 g/mol. The summed E-state index contributed by atoms with van der Waals surface area (Å²) in [4.78, 5) is 16.7. The topological polar surface area (TPSA) is 42.0 Å². The lowest BCUT2D eigenvalue weighted by atomic mass is 10.1. The van der Waals surface area contributed by atoms with Crippen LogP contribution in [0.15, 0.2) is 59.2 Å². The van der Waals surface area contributed by atoms with Gasteiger partial charge in [0.15, 0.2) is 0 Å². The van der Waals surface area contributed by atoms with E-state index in [4.69, 9.17) is 11.6 Å². The first-order valence-electron chi connectivity index (χ1n) is 6.26. The molecule has 3 rings (SSSR count). The Bertz CT molecular complexity index is 830. The van der Waals surface area contributed by atoms with Crippen molar-refractivity contribution in [1.29, 1.82) is 0 Å². The molecule has 0 fully saturated rings. The van der Waals surface area contributed by atoms with Gasteiger partial charge in [0.1, 0.15) is 0 Å². The molecule has 0 saturated heterocycles. The minimum absolute atomic E-state index is 0.198. The van der Waals surface area contributed by atoms with E-state index < -0.39 is 0 Å². The van der Waals surface area contributed by atoms with Crippen molar-refractivity contribution in [3.05, 3.63) is 69.8 Å². The van der Waals surface area contributed by atoms with Crippen LogP contribution in [0.25, 0.3) is 10.9 Å². The Morgan fingerprint density at radius 3 is 2.76 bits per heavy atom. The second-order valence-corrected chi connectivity index (χ2v) is 5.63. The molecule has 1 N–H and O–H groups in total. The minimum Gasteiger partial charge on any atom is -0.321 e. The number of amides is 1. The van der Waals surface area contributed by atoms with Crippen LogP contribution in [0, 0.1) is 0 Å². The van der Waals surface area contributed by atoms with Crippen molar-refractivity contribution >= 4 is 50.0 Å². The van der Waals surface area contributed by atoms with Crippen LogP contribution in [0.2, 0.25) is 5.02 Å². The van der Waals surface area contributed by atoms with Gasteiger partial charge in [0.05, 0.1) is 20.7 Å². The highest BCUT2D eigenvalue weighted by atomic mass is 79.9. The highest BCUT2D eigenvalue weighted by Crippen LogP contribution is 2.30. The Balaban J connectivity index is 2.00. The number of rotatable bonds is 2. The van der Waals surface area contributed by atoms with Crippen LogP contribution >= 0.6 is 27.5 Å². The van der Waals surface area contributed by atoms with Crippen molar-refractivity contribution < 1.29 is 4.79 Å². The van der Waals surface area contributed by atoms with Gasteiger partial charge in [-0.2, -0.15) is 0 Å². The first-order valence-corrected chi connectivity index (χ1v) is 7.43. The van der Waals surface area contributed by atoms with Crippen molar-refractivity contribution in [1.82, 2.24) is 4.98 Å². The van der Waals surface area contributed by atoms with Gasteiger partial charge in [0.2, 0.25) is 0 Å². The van der Waals surface area contributed by atoms with Gasteiger partial charge in [-0.15, -0.1) is 0 Å². The van der Waals surface area contributed by atoms with Crippen LogP contribution in [0.1, 0.15) is 10.4 Å². The van der Waals surface area contributed by atoms with Crippen LogP contribution in [-0.2, 0) is 0 Å². The quantitative estimate of drug-likeness (QED) is 0.705. The fourth-order valence-electron chi connectivity index (χ4n) is 2.09. The number of carbonyl (C=O) groups is 1. The van der Waals surface area contributed by atoms with Gasteiger partial charge in [-0.1, -0.05) is 29.8 Å². The van der Waals surface area contributed by atoms with Crippen LogP contribution in [0.3, 0.4) is 0 Å². The molecule has 1 amide bonds. The van der Waals surface area contributed by atoms with Crippen molar-refractivity contribution in [3.8, 4) is 0 Å². The minimum atomic E-state index is -0.198. The maximum atomic E-state index is 12.5. The number of hydrogen-bond acceptors (Lipinski definition) is 2. The molecule has 0 aliphatic heterocycles. The summed E-state index contributed by atoms with van der Waals surface area (Å²) in [6.07, 6.45) is 1.71. The second kappa shape index (κ2) is 5.84. The second-order valence-electron chi connectivity index (χ2n) is 4.43. The number of fused-ring (bicyclic) bond motifs is 1. The Kier molecular flexibility index (Phi) is 3.90. The average Bonchev–Trinajstić information content (AvgIpc) is 2.51. The van der Waals surface area contributed by atoms with E-state index in [-0.39, 0.29) is 5.91 Å². The third kappa shape index (κ3) is 2.77. The Morgan fingerprint density at radius 1 is 1.10 bits per heavy atom. The van der Waals surface area contributed by atoms with E-state index >= 15 is 0 Å². The molecule has 0 aliphatic rings. The van der Waals surface area contributed by atoms with Crippen molar-refractivity contribution in [3.63, 3.8) is 0 Å². The smallest absolute Gasteiger partial charge is 0.256 e. The summed E-state index contributed by atoms with van der Waals surface area (Å²) in [5.74, 6) is -0.198. The van der Waals surface area contributed by atoms with Crippen LogP contribution in [0.4, 0.5) is 5.69 Å². The van der Waals surface area contributed by atoms with E-state index in [0.717, 1.165) is 10.9 Å². The summed E-state index contributed by atoms with van der Waals surface area (Å²) in [7, 11) is 0. The van der Waals surface area contributed by atoms with Gasteiger partial charge in [-0.05, 0) is 46.3 Å². The lowest BCUT2D eigenvalue weighted by Crippen LogP contribution is -2.12. The van der Waals surface area contributed by atoms with Crippen molar-refractivity contribution in [2.45, 2.75) is 0 Å². The van der Waals surface area contributed by atoms with Gasteiger partial charge < -0.3 is 5.32 Å². The SMILES string of the molecule is O=C(Nc1cccc(Cl)c1Br)c1cccc2ncccc12. The molecule has 0 bridgehead atoms. The molecule has 0 radical (unpaired) electrons. The van der Waals surface area contributed by atoms with Crippen LogP contribution < -0.4 is 5.32 Å². The van der Waals surface area contributed by atoms with E-state index in [2.05, 4.69) is 26.2 Å². The molecular weight excluding hydrogens is 352 g/mol. The molecule has 21 heavy (non-hydrogen) atoms. The first-order chi connectivity index (χ1) is 10.2. The summed E-state index contributed by atoms with van der Waals surface area (Å²) < 4.78 is 0.665. The summed E-state index contributed by atoms with van der Waals surface area (Å²) in [5, 5.41) is 4.23. The van der Waals surface area contributed by atoms with E-state index in [0.29, 0.717) is 20.7 Å². The highest BCUT2D eigenvalue weighted by molar-refractivity contribution is 9.10. The molecule has 2 aromatic carbocycles. The molecule has 104 valence electrons. The molecule has 0 saturated carbocycles. The Morgan fingerprint density at radius 2 is 1.90 bits per heavy atom. The first kappa shape index (κ1) is 14.0. The molecule has 3 aromatic rings. The fraction of sp³-hybridized carbons (Fsp3) is 0. The maximum Gasteiger partial charge on any atom is 0.256 e. The number of benzene rings is 2. The van der Waals surface area contributed by atoms with Crippen molar-refractivity contribution in [2.24, 2.45) is 0 Å². The zero-order valence-corrected chi connectivity index (χ0v) is 13.1. The number of nitrogens with zero attached hydrogens (tertiary/aromatic N) is 1. The number of aromatic nitrogens is 1. The molecule has 5 heteroatoms. The lowest BCUT2D eigenvalue weighted by Gasteiger charge is -2.10. The van der Waals surface area contributed by atoms with Crippen LogP contribution in [-0.4, -0.2) is 10.9 Å². The highest BCUT2D eigenvalue weighted by Gasteiger charge is 2.12. The summed E-state index contributed by atoms with van der Waals surface area (Å²) in [6.45, 7) is 0. The summed E-state index contributed by atoms with van der Waals surface area (Å²) in [6, 6.07) is 14.5. The van der Waals surface area contributed by atoms with E-state index in [1.54, 1.807) is 30.5 Å². The third-order valence-electron chi connectivity index (χ3n) is 3.09. The summed E-state index contributed by atoms with van der Waals surface area (Å²) >= 11 is 9.40. The van der Waals surface area contributed by atoms with E-state index in [1.807, 2.05) is 24.3 Å². The monoisotopic (exact) mass is 360 g/mol. The maximum absolute atomic E-state index is 12.5. The summed E-state index contributed by atoms with van der Waals surface area (Å²) in [5.41, 5.74) is 2.00. The zero-order valence-electron chi connectivity index (χ0n) is 10.8. The van der Waals surface area contributed by atoms with E-state index in [9.17, 15) is 4.79 Å². The van der Waals surface area contributed by atoms with Gasteiger partial charge >= 0.3 is 0 Å². The Labute approximate surface area is 135 Å². The van der Waals surface area contributed by atoms with Gasteiger partial charge in [-0.3, -0.25) is 9.78 Å². The molecule has 3 nitrogen and oxygen atoms in total. The predicted molar refractivity (Wildman–Crippen MR) is 88.8 cm³/mol. The third-order valence-corrected chi connectivity index (χ3v) is 4.49. The van der Waals surface area contributed by atoms with Gasteiger partial charge in [0.25, 0.3) is 5.91 Å². The molecule has 0 unspecified atom stereocenters. The van der Waals surface area contributed by atoms with Crippen LogP contribution in [0.5, 0.6) is 0 Å². The predicted octanol–water partition coefficient (Wildman–Crippen LogP) is 4.90. The van der Waals surface area contributed by atoms with Gasteiger partial charge in [-0.25, -0.2) is 0 Å². The normalized spacial score (nSPS) is 10.6. The standard InChI is InChI=1S/C16H10BrClN2O/c17-15-12(18)6-2-8-14(15)20-16(21)11-4-1-7-13-10(11)5-3-9-19-13/h1-9H,(H,20,21).